The van der Waals surface area contributed by atoms with E-state index in [9.17, 15) is 9.59 Å². The quantitative estimate of drug-likeness (QED) is 0.613. The molecule has 3 aromatic rings. The van der Waals surface area contributed by atoms with E-state index in [-0.39, 0.29) is 24.5 Å². The molecule has 2 amide bonds. The maximum absolute atomic E-state index is 12.4. The number of para-hydroxylation sites is 1. The first-order chi connectivity index (χ1) is 13.9. The Morgan fingerprint density at radius 3 is 2.52 bits per heavy atom. The third-order valence-corrected chi connectivity index (χ3v) is 4.59. The van der Waals surface area contributed by atoms with Crippen molar-refractivity contribution in [2.24, 2.45) is 0 Å². The van der Waals surface area contributed by atoms with E-state index in [1.165, 1.54) is 11.8 Å². The number of carbonyl (C=O) groups is 2. The molecule has 0 fully saturated rings. The molecule has 1 heterocycles. The van der Waals surface area contributed by atoms with Crippen molar-refractivity contribution in [1.82, 2.24) is 10.3 Å². The molecule has 0 atom stereocenters. The average molecular weight is 393 g/mol. The Morgan fingerprint density at radius 2 is 1.83 bits per heavy atom. The van der Waals surface area contributed by atoms with Crippen LogP contribution in [0.25, 0.3) is 10.9 Å². The highest BCUT2D eigenvalue weighted by Gasteiger charge is 2.16. The molecular weight excluding hydrogens is 366 g/mol. The summed E-state index contributed by atoms with van der Waals surface area (Å²) < 4.78 is 5.62. The summed E-state index contributed by atoms with van der Waals surface area (Å²) in [6, 6.07) is 15.3. The number of ether oxygens (including phenoxy) is 1. The molecule has 3 rings (SSSR count). The SMILES string of the molecule is CC(=O)N(CC(=O)NCCc1c[nH]c2ccccc12)c1ccc(OC(C)C)cc1. The molecule has 2 N–H and O–H groups in total. The monoisotopic (exact) mass is 393 g/mol. The van der Waals surface area contributed by atoms with Crippen molar-refractivity contribution in [1.29, 1.82) is 0 Å². The molecule has 0 aliphatic rings. The Kier molecular flexibility index (Phi) is 6.54. The van der Waals surface area contributed by atoms with Crippen LogP contribution in [0.1, 0.15) is 26.3 Å². The minimum atomic E-state index is -0.192. The van der Waals surface area contributed by atoms with E-state index in [2.05, 4.69) is 16.4 Å². The molecule has 152 valence electrons. The first-order valence-corrected chi connectivity index (χ1v) is 9.80. The summed E-state index contributed by atoms with van der Waals surface area (Å²) >= 11 is 0. The fraction of sp³-hybridized carbons (Fsp3) is 0.304. The molecule has 6 heteroatoms. The minimum absolute atomic E-state index is 0.0202. The number of H-pyrrole nitrogens is 1. The highest BCUT2D eigenvalue weighted by atomic mass is 16.5. The smallest absolute Gasteiger partial charge is 0.240 e. The predicted molar refractivity (Wildman–Crippen MR) is 115 cm³/mol. The Balaban J connectivity index is 1.56. The van der Waals surface area contributed by atoms with Crippen LogP contribution in [0.4, 0.5) is 5.69 Å². The summed E-state index contributed by atoms with van der Waals surface area (Å²) in [5.41, 5.74) is 2.91. The van der Waals surface area contributed by atoms with Crippen molar-refractivity contribution < 1.29 is 14.3 Å². The summed E-state index contributed by atoms with van der Waals surface area (Å²) in [6.45, 7) is 5.85. The van der Waals surface area contributed by atoms with E-state index in [0.717, 1.165) is 28.6 Å². The van der Waals surface area contributed by atoms with Crippen LogP contribution in [-0.4, -0.2) is 36.0 Å². The maximum atomic E-state index is 12.4. The number of rotatable bonds is 8. The van der Waals surface area contributed by atoms with Gasteiger partial charge in [-0.05, 0) is 56.2 Å². The van der Waals surface area contributed by atoms with Crippen LogP contribution in [0, 0.1) is 0 Å². The van der Waals surface area contributed by atoms with E-state index in [1.807, 2.05) is 38.2 Å². The zero-order valence-electron chi connectivity index (χ0n) is 17.1. The number of nitrogens with one attached hydrogen (secondary N) is 2. The van der Waals surface area contributed by atoms with Gasteiger partial charge in [-0.15, -0.1) is 0 Å². The van der Waals surface area contributed by atoms with E-state index in [0.29, 0.717) is 12.2 Å². The molecule has 2 aromatic carbocycles. The van der Waals surface area contributed by atoms with Gasteiger partial charge in [0.1, 0.15) is 12.3 Å². The van der Waals surface area contributed by atoms with Gasteiger partial charge in [-0.2, -0.15) is 0 Å². The second-order valence-electron chi connectivity index (χ2n) is 7.23. The zero-order valence-corrected chi connectivity index (χ0v) is 17.1. The second kappa shape index (κ2) is 9.28. The van der Waals surface area contributed by atoms with Crippen molar-refractivity contribution in [2.45, 2.75) is 33.3 Å². The predicted octanol–water partition coefficient (Wildman–Crippen LogP) is 3.67. The fourth-order valence-electron chi connectivity index (χ4n) is 3.24. The third-order valence-electron chi connectivity index (χ3n) is 4.59. The number of hydrogen-bond acceptors (Lipinski definition) is 3. The van der Waals surface area contributed by atoms with Crippen LogP contribution in [0.2, 0.25) is 0 Å². The van der Waals surface area contributed by atoms with Crippen LogP contribution in [0.5, 0.6) is 5.75 Å². The average Bonchev–Trinajstić information content (AvgIpc) is 3.09. The highest BCUT2D eigenvalue weighted by molar-refractivity contribution is 5.97. The number of nitrogens with zero attached hydrogens (tertiary/aromatic N) is 1. The summed E-state index contributed by atoms with van der Waals surface area (Å²) in [5, 5.41) is 4.07. The summed E-state index contributed by atoms with van der Waals surface area (Å²) in [4.78, 5) is 29.2. The van der Waals surface area contributed by atoms with Crippen LogP contribution < -0.4 is 15.0 Å². The van der Waals surface area contributed by atoms with Gasteiger partial charge < -0.3 is 19.9 Å². The van der Waals surface area contributed by atoms with E-state index >= 15 is 0 Å². The number of aromatic amines is 1. The number of benzene rings is 2. The lowest BCUT2D eigenvalue weighted by Crippen LogP contribution is -2.40. The van der Waals surface area contributed by atoms with Crippen molar-refractivity contribution in [3.05, 3.63) is 60.3 Å². The van der Waals surface area contributed by atoms with Gasteiger partial charge in [-0.1, -0.05) is 18.2 Å². The molecule has 0 radical (unpaired) electrons. The molecular formula is C23H27N3O3. The molecule has 1 aromatic heterocycles. The Bertz CT molecular complexity index is 976. The van der Waals surface area contributed by atoms with E-state index in [1.54, 1.807) is 24.3 Å². The molecule has 0 saturated heterocycles. The van der Waals surface area contributed by atoms with Crippen molar-refractivity contribution in [3.8, 4) is 5.75 Å². The van der Waals surface area contributed by atoms with E-state index in [4.69, 9.17) is 4.74 Å². The lowest BCUT2D eigenvalue weighted by Gasteiger charge is -2.21. The number of fused-ring (bicyclic) bond motifs is 1. The standard InChI is InChI=1S/C23H27N3O3/c1-16(2)29-20-10-8-19(9-11-20)26(17(3)27)15-23(28)24-13-12-18-14-25-22-7-5-4-6-21(18)22/h4-11,14,16,25H,12-13,15H2,1-3H3,(H,24,28). The van der Waals surface area contributed by atoms with Gasteiger partial charge in [0, 0.05) is 36.3 Å². The van der Waals surface area contributed by atoms with Gasteiger partial charge in [-0.3, -0.25) is 9.59 Å². The Labute approximate surface area is 170 Å². The molecule has 0 aliphatic carbocycles. The van der Waals surface area contributed by atoms with Gasteiger partial charge >= 0.3 is 0 Å². The molecule has 0 aliphatic heterocycles. The number of hydrogen-bond donors (Lipinski definition) is 2. The molecule has 6 nitrogen and oxygen atoms in total. The number of aromatic nitrogens is 1. The van der Waals surface area contributed by atoms with Crippen LogP contribution >= 0.6 is 0 Å². The summed E-state index contributed by atoms with van der Waals surface area (Å²) in [6.07, 6.45) is 2.77. The first-order valence-electron chi connectivity index (χ1n) is 9.80. The van der Waals surface area contributed by atoms with Gasteiger partial charge in [0.05, 0.1) is 6.10 Å². The molecule has 29 heavy (non-hydrogen) atoms. The molecule has 0 spiro atoms. The van der Waals surface area contributed by atoms with Crippen LogP contribution in [-0.2, 0) is 16.0 Å². The van der Waals surface area contributed by atoms with Crippen LogP contribution in [0.3, 0.4) is 0 Å². The van der Waals surface area contributed by atoms with Gasteiger partial charge in [0.2, 0.25) is 11.8 Å². The first kappa shape index (κ1) is 20.5. The molecule has 0 saturated carbocycles. The zero-order chi connectivity index (χ0) is 20.8. The van der Waals surface area contributed by atoms with E-state index < -0.39 is 0 Å². The summed E-state index contributed by atoms with van der Waals surface area (Å²) in [5.74, 6) is 0.354. The number of anilines is 1. The van der Waals surface area contributed by atoms with Crippen molar-refractivity contribution >= 4 is 28.4 Å². The normalized spacial score (nSPS) is 10.9. The third kappa shape index (κ3) is 5.38. The Morgan fingerprint density at radius 1 is 1.10 bits per heavy atom. The van der Waals surface area contributed by atoms with Crippen molar-refractivity contribution in [3.63, 3.8) is 0 Å². The topological polar surface area (TPSA) is 74.4 Å². The Hall–Kier alpha value is -3.28. The maximum Gasteiger partial charge on any atom is 0.240 e. The molecule has 0 unspecified atom stereocenters. The van der Waals surface area contributed by atoms with Crippen molar-refractivity contribution in [2.75, 3.05) is 18.0 Å². The second-order valence-corrected chi connectivity index (χ2v) is 7.23. The lowest BCUT2D eigenvalue weighted by molar-refractivity contribution is -0.123. The fourth-order valence-corrected chi connectivity index (χ4v) is 3.24. The van der Waals surface area contributed by atoms with Gasteiger partial charge in [0.15, 0.2) is 0 Å². The number of amides is 2. The van der Waals surface area contributed by atoms with Gasteiger partial charge in [0.25, 0.3) is 0 Å². The lowest BCUT2D eigenvalue weighted by atomic mass is 10.1. The largest absolute Gasteiger partial charge is 0.491 e. The molecule has 0 bridgehead atoms. The minimum Gasteiger partial charge on any atom is -0.491 e. The summed E-state index contributed by atoms with van der Waals surface area (Å²) in [7, 11) is 0. The number of carbonyl (C=O) groups excluding carboxylic acids is 2. The van der Waals surface area contributed by atoms with Crippen LogP contribution in [0.15, 0.2) is 54.7 Å². The van der Waals surface area contributed by atoms with Gasteiger partial charge in [-0.25, -0.2) is 0 Å². The highest BCUT2D eigenvalue weighted by Crippen LogP contribution is 2.21.